The van der Waals surface area contributed by atoms with Gasteiger partial charge < -0.3 is 10.2 Å². The van der Waals surface area contributed by atoms with Gasteiger partial charge in [0.25, 0.3) is 0 Å². The maximum absolute atomic E-state index is 10.7. The number of aromatic hydroxyl groups is 2. The normalized spacial score (nSPS) is 10.7. The zero-order valence-electron chi connectivity index (χ0n) is 9.72. The summed E-state index contributed by atoms with van der Waals surface area (Å²) in [7, 11) is 0. The van der Waals surface area contributed by atoms with Gasteiger partial charge in [-0.25, -0.2) is 0 Å². The Hall–Kier alpha value is -2.89. The lowest BCUT2D eigenvalue weighted by molar-refractivity contribution is -0.386. The molecule has 96 valence electrons. The Morgan fingerprint density at radius 2 is 1.74 bits per heavy atom. The van der Waals surface area contributed by atoms with E-state index in [1.54, 1.807) is 36.7 Å². The molecule has 2 aromatic rings. The van der Waals surface area contributed by atoms with Crippen molar-refractivity contribution in [2.75, 3.05) is 0 Å². The number of phenolic OH excluding ortho intramolecular Hbond substituents is 2. The molecule has 0 aliphatic rings. The van der Waals surface area contributed by atoms with Crippen molar-refractivity contribution < 1.29 is 15.1 Å². The van der Waals surface area contributed by atoms with E-state index >= 15 is 0 Å². The molecular weight excluding hydrogens is 248 g/mol. The van der Waals surface area contributed by atoms with Gasteiger partial charge in [-0.2, -0.15) is 0 Å². The molecule has 19 heavy (non-hydrogen) atoms. The van der Waals surface area contributed by atoms with Crippen molar-refractivity contribution in [3.8, 4) is 11.5 Å². The Balaban J connectivity index is 2.36. The number of hydrogen-bond donors (Lipinski definition) is 2. The van der Waals surface area contributed by atoms with Crippen molar-refractivity contribution >= 4 is 17.8 Å². The molecule has 2 rings (SSSR count). The number of rotatable bonds is 3. The van der Waals surface area contributed by atoms with Gasteiger partial charge in [-0.3, -0.25) is 15.1 Å². The van der Waals surface area contributed by atoms with Crippen LogP contribution in [0, 0.1) is 10.1 Å². The summed E-state index contributed by atoms with van der Waals surface area (Å²) < 4.78 is 0. The number of nitrogens with zero attached hydrogens (tertiary/aromatic N) is 2. The maximum atomic E-state index is 10.7. The van der Waals surface area contributed by atoms with Crippen LogP contribution in [0.25, 0.3) is 12.2 Å². The first-order chi connectivity index (χ1) is 9.08. The predicted molar refractivity (Wildman–Crippen MR) is 69.6 cm³/mol. The third kappa shape index (κ3) is 2.86. The highest BCUT2D eigenvalue weighted by molar-refractivity contribution is 5.73. The van der Waals surface area contributed by atoms with Crippen molar-refractivity contribution in [1.82, 2.24) is 4.98 Å². The Kier molecular flexibility index (Phi) is 3.42. The predicted octanol–water partition coefficient (Wildman–Crippen LogP) is 2.57. The Morgan fingerprint density at radius 1 is 1.11 bits per heavy atom. The molecule has 6 nitrogen and oxygen atoms in total. The van der Waals surface area contributed by atoms with E-state index in [2.05, 4.69) is 4.98 Å². The van der Waals surface area contributed by atoms with Gasteiger partial charge in [-0.15, -0.1) is 0 Å². The van der Waals surface area contributed by atoms with Crippen LogP contribution in [-0.2, 0) is 0 Å². The van der Waals surface area contributed by atoms with Crippen LogP contribution in [0.4, 0.5) is 5.69 Å². The second-order valence-corrected chi connectivity index (χ2v) is 3.78. The van der Waals surface area contributed by atoms with Crippen molar-refractivity contribution in [2.45, 2.75) is 0 Å². The van der Waals surface area contributed by atoms with E-state index in [1.165, 1.54) is 12.1 Å². The van der Waals surface area contributed by atoms with Gasteiger partial charge in [0, 0.05) is 18.5 Å². The molecule has 0 unspecified atom stereocenters. The fourth-order valence-corrected chi connectivity index (χ4v) is 1.53. The summed E-state index contributed by atoms with van der Waals surface area (Å²) >= 11 is 0. The third-order valence-electron chi connectivity index (χ3n) is 2.46. The Morgan fingerprint density at radius 3 is 2.37 bits per heavy atom. The lowest BCUT2D eigenvalue weighted by atomic mass is 10.1. The quantitative estimate of drug-likeness (QED) is 0.501. The van der Waals surface area contributed by atoms with Gasteiger partial charge in [0.05, 0.1) is 4.92 Å². The lowest BCUT2D eigenvalue weighted by Crippen LogP contribution is -1.89. The standard InChI is InChI=1S/C13H10N2O4/c16-12-8-10(7-11(13(12)17)15(18)19)2-1-9-3-5-14-6-4-9/h1-8,16-17H. The molecule has 0 bridgehead atoms. The molecule has 1 aromatic carbocycles. The fourth-order valence-electron chi connectivity index (χ4n) is 1.53. The summed E-state index contributed by atoms with van der Waals surface area (Å²) in [6, 6.07) is 5.98. The van der Waals surface area contributed by atoms with Gasteiger partial charge in [0.15, 0.2) is 5.75 Å². The number of nitro benzene ring substituents is 1. The molecule has 0 aliphatic heterocycles. The minimum Gasteiger partial charge on any atom is -0.504 e. The van der Waals surface area contributed by atoms with Crippen LogP contribution in [0.15, 0.2) is 36.7 Å². The number of benzene rings is 1. The molecule has 0 amide bonds. The van der Waals surface area contributed by atoms with Gasteiger partial charge in [-0.1, -0.05) is 12.2 Å². The minimum absolute atomic E-state index is 0.416. The zero-order valence-corrected chi connectivity index (χ0v) is 9.72. The number of hydrogen-bond acceptors (Lipinski definition) is 5. The molecule has 0 spiro atoms. The van der Waals surface area contributed by atoms with Gasteiger partial charge >= 0.3 is 5.69 Å². The largest absolute Gasteiger partial charge is 0.504 e. The summed E-state index contributed by atoms with van der Waals surface area (Å²) in [6.07, 6.45) is 6.56. The van der Waals surface area contributed by atoms with Gasteiger partial charge in [0.2, 0.25) is 5.75 Å². The van der Waals surface area contributed by atoms with Crippen molar-refractivity contribution in [3.05, 3.63) is 57.9 Å². The van der Waals surface area contributed by atoms with Crippen molar-refractivity contribution in [2.24, 2.45) is 0 Å². The zero-order chi connectivity index (χ0) is 13.8. The molecule has 1 aromatic heterocycles. The van der Waals surface area contributed by atoms with Crippen LogP contribution in [0.5, 0.6) is 11.5 Å². The molecule has 1 heterocycles. The highest BCUT2D eigenvalue weighted by atomic mass is 16.6. The third-order valence-corrected chi connectivity index (χ3v) is 2.46. The molecule has 0 aliphatic carbocycles. The highest BCUT2D eigenvalue weighted by Gasteiger charge is 2.17. The maximum Gasteiger partial charge on any atom is 0.315 e. The van der Waals surface area contributed by atoms with Crippen LogP contribution in [0.1, 0.15) is 11.1 Å². The van der Waals surface area contributed by atoms with Crippen LogP contribution < -0.4 is 0 Å². The molecule has 6 heteroatoms. The molecule has 0 fully saturated rings. The summed E-state index contributed by atoms with van der Waals surface area (Å²) in [5.74, 6) is -1.25. The van der Waals surface area contributed by atoms with E-state index in [0.717, 1.165) is 5.56 Å². The lowest BCUT2D eigenvalue weighted by Gasteiger charge is -2.01. The summed E-state index contributed by atoms with van der Waals surface area (Å²) in [5, 5.41) is 29.5. The molecule has 2 N–H and O–H groups in total. The van der Waals surface area contributed by atoms with Gasteiger partial charge in [0.1, 0.15) is 0 Å². The van der Waals surface area contributed by atoms with Crippen molar-refractivity contribution in [3.63, 3.8) is 0 Å². The molecule has 0 radical (unpaired) electrons. The smallest absolute Gasteiger partial charge is 0.315 e. The van der Waals surface area contributed by atoms with Crippen molar-refractivity contribution in [1.29, 1.82) is 0 Å². The number of phenols is 2. The molecular formula is C13H10N2O4. The summed E-state index contributed by atoms with van der Waals surface area (Å²) in [4.78, 5) is 13.8. The molecule has 0 atom stereocenters. The second kappa shape index (κ2) is 5.18. The van der Waals surface area contributed by atoms with E-state index in [9.17, 15) is 20.3 Å². The van der Waals surface area contributed by atoms with Crippen LogP contribution in [0.2, 0.25) is 0 Å². The second-order valence-electron chi connectivity index (χ2n) is 3.78. The topological polar surface area (TPSA) is 96.5 Å². The summed E-state index contributed by atoms with van der Waals surface area (Å²) in [6.45, 7) is 0. The summed E-state index contributed by atoms with van der Waals surface area (Å²) in [5.41, 5.74) is 0.749. The van der Waals surface area contributed by atoms with E-state index in [-0.39, 0.29) is 0 Å². The number of pyridine rings is 1. The fraction of sp³-hybridized carbons (Fsp3) is 0. The Labute approximate surface area is 108 Å². The van der Waals surface area contributed by atoms with E-state index in [1.807, 2.05) is 0 Å². The first-order valence-electron chi connectivity index (χ1n) is 5.36. The van der Waals surface area contributed by atoms with Gasteiger partial charge in [-0.05, 0) is 29.3 Å². The van der Waals surface area contributed by atoms with Crippen LogP contribution in [0.3, 0.4) is 0 Å². The average Bonchev–Trinajstić information content (AvgIpc) is 2.41. The first kappa shape index (κ1) is 12.6. The average molecular weight is 258 g/mol. The SMILES string of the molecule is O=[N+]([O-])c1cc(C=Cc2ccncc2)cc(O)c1O. The monoisotopic (exact) mass is 258 g/mol. The van der Waals surface area contributed by atoms with Crippen LogP contribution >= 0.6 is 0 Å². The minimum atomic E-state index is -0.751. The number of aromatic nitrogens is 1. The van der Waals surface area contributed by atoms with E-state index in [4.69, 9.17) is 0 Å². The molecule has 0 saturated carbocycles. The Bertz CT molecular complexity index is 639. The van der Waals surface area contributed by atoms with Crippen LogP contribution in [-0.4, -0.2) is 20.1 Å². The van der Waals surface area contributed by atoms with E-state index < -0.39 is 22.1 Å². The highest BCUT2D eigenvalue weighted by Crippen LogP contribution is 2.36. The first-order valence-corrected chi connectivity index (χ1v) is 5.36. The number of nitro groups is 1. The molecule has 0 saturated heterocycles. The van der Waals surface area contributed by atoms with E-state index in [0.29, 0.717) is 5.56 Å².